The van der Waals surface area contributed by atoms with E-state index in [1.807, 2.05) is 49.0 Å². The van der Waals surface area contributed by atoms with Crippen LogP contribution in [0.4, 0.5) is 0 Å². The van der Waals surface area contributed by atoms with Crippen LogP contribution < -0.4 is 5.43 Å². The van der Waals surface area contributed by atoms with Gasteiger partial charge in [0, 0.05) is 23.5 Å². The molecule has 8 heteroatoms. The number of hydrazone groups is 1. The summed E-state index contributed by atoms with van der Waals surface area (Å²) in [6.07, 6.45) is 5.35. The van der Waals surface area contributed by atoms with Crippen LogP contribution in [0.2, 0.25) is 10.0 Å². The molecule has 146 valence electrons. The quantitative estimate of drug-likeness (QED) is 0.321. The van der Waals surface area contributed by atoms with Gasteiger partial charge in [-0.15, -0.1) is 11.3 Å². The Morgan fingerprint density at radius 1 is 1.17 bits per heavy atom. The van der Waals surface area contributed by atoms with Gasteiger partial charge in [-0.05, 0) is 55.3 Å². The zero-order valence-electron chi connectivity index (χ0n) is 15.6. The van der Waals surface area contributed by atoms with Gasteiger partial charge in [-0.25, -0.2) is 10.4 Å². The van der Waals surface area contributed by atoms with Crippen LogP contribution in [0.1, 0.15) is 26.5 Å². The van der Waals surface area contributed by atoms with Gasteiger partial charge < -0.3 is 4.57 Å². The summed E-state index contributed by atoms with van der Waals surface area (Å²) in [5, 5.41) is 5.93. The number of pyridine rings is 1. The number of aryl methyl sites for hydroxylation is 2. The number of nitrogens with one attached hydrogen (secondary N) is 1. The van der Waals surface area contributed by atoms with Crippen LogP contribution in [0.15, 0.2) is 53.9 Å². The first-order valence-electron chi connectivity index (χ1n) is 8.76. The molecule has 4 rings (SSSR count). The minimum Gasteiger partial charge on any atom is -0.322 e. The number of carbonyl (C=O) groups is 1. The highest BCUT2D eigenvalue weighted by Gasteiger charge is 2.22. The van der Waals surface area contributed by atoms with Gasteiger partial charge in [0.25, 0.3) is 5.91 Å². The molecule has 0 spiro atoms. The van der Waals surface area contributed by atoms with E-state index in [1.54, 1.807) is 18.2 Å². The number of benzene rings is 1. The van der Waals surface area contributed by atoms with E-state index in [0.717, 1.165) is 32.7 Å². The Bertz CT molecular complexity index is 1250. The third kappa shape index (κ3) is 3.92. The molecule has 0 aliphatic heterocycles. The number of hydrogen-bond donors (Lipinski definition) is 1. The van der Waals surface area contributed by atoms with Crippen molar-refractivity contribution >= 4 is 56.9 Å². The first-order valence-corrected chi connectivity index (χ1v) is 10.3. The molecule has 1 amide bonds. The minimum atomic E-state index is -0.301. The number of amides is 1. The molecular weight excluding hydrogens is 427 g/mol. The maximum atomic E-state index is 12.9. The van der Waals surface area contributed by atoms with Crippen LogP contribution in [-0.4, -0.2) is 21.7 Å². The fourth-order valence-corrected chi connectivity index (χ4v) is 4.61. The van der Waals surface area contributed by atoms with Crippen LogP contribution in [0.5, 0.6) is 0 Å². The van der Waals surface area contributed by atoms with Crippen molar-refractivity contribution in [1.29, 1.82) is 0 Å². The number of fused-ring (bicyclic) bond motifs is 1. The third-order valence-corrected chi connectivity index (χ3v) is 6.17. The molecule has 0 atom stereocenters. The third-order valence-electron chi connectivity index (χ3n) is 4.35. The van der Waals surface area contributed by atoms with Crippen LogP contribution >= 0.6 is 34.5 Å². The Balaban J connectivity index is 1.70. The van der Waals surface area contributed by atoms with Gasteiger partial charge in [-0.2, -0.15) is 5.10 Å². The molecule has 0 aliphatic rings. The van der Waals surface area contributed by atoms with Crippen molar-refractivity contribution in [1.82, 2.24) is 15.0 Å². The van der Waals surface area contributed by atoms with Crippen molar-refractivity contribution in [2.24, 2.45) is 5.10 Å². The molecule has 4 aromatic rings. The van der Waals surface area contributed by atoms with E-state index < -0.39 is 0 Å². The predicted octanol–water partition coefficient (Wildman–Crippen LogP) is 5.77. The van der Waals surface area contributed by atoms with Crippen LogP contribution in [0.25, 0.3) is 15.9 Å². The largest absolute Gasteiger partial charge is 0.322 e. The average Bonchev–Trinajstić information content (AvgIpc) is 3.31. The summed E-state index contributed by atoms with van der Waals surface area (Å²) in [5.41, 5.74) is 6.13. The lowest BCUT2D eigenvalue weighted by atomic mass is 10.1. The highest BCUT2D eigenvalue weighted by molar-refractivity contribution is 7.21. The zero-order chi connectivity index (χ0) is 20.5. The van der Waals surface area contributed by atoms with Crippen molar-refractivity contribution in [3.8, 4) is 5.69 Å². The molecule has 0 saturated heterocycles. The first kappa shape index (κ1) is 19.6. The summed E-state index contributed by atoms with van der Waals surface area (Å²) >= 11 is 13.3. The summed E-state index contributed by atoms with van der Waals surface area (Å²) < 4.78 is 1.93. The van der Waals surface area contributed by atoms with Crippen molar-refractivity contribution < 1.29 is 4.79 Å². The molecule has 0 unspecified atom stereocenters. The fraction of sp³-hybridized carbons (Fsp3) is 0.0952. The molecule has 0 saturated carbocycles. The van der Waals surface area contributed by atoms with Crippen molar-refractivity contribution in [2.45, 2.75) is 13.8 Å². The van der Waals surface area contributed by atoms with E-state index in [4.69, 9.17) is 23.2 Å². The van der Waals surface area contributed by atoms with Crippen LogP contribution in [0, 0.1) is 13.8 Å². The van der Waals surface area contributed by atoms with E-state index in [-0.39, 0.29) is 5.91 Å². The Kier molecular flexibility index (Phi) is 5.41. The second-order valence-corrected chi connectivity index (χ2v) is 8.32. The Hall–Kier alpha value is -2.67. The fourth-order valence-electron chi connectivity index (χ4n) is 3.12. The standard InChI is InChI=1S/C21H16Cl2N4OS/c1-12-9-13(2)25-21-17(12)18(27-7-3-4-8-27)19(29-21)20(28)26-24-11-14-5-6-15(22)16(23)10-14/h3-11H,1-2H3,(H,26,28). The number of halogens is 2. The molecule has 1 N–H and O–H groups in total. The second-order valence-electron chi connectivity index (χ2n) is 6.50. The van der Waals surface area contributed by atoms with Gasteiger partial charge >= 0.3 is 0 Å². The molecule has 0 fully saturated rings. The van der Waals surface area contributed by atoms with E-state index in [9.17, 15) is 4.79 Å². The summed E-state index contributed by atoms with van der Waals surface area (Å²) in [4.78, 5) is 18.9. The Labute approximate surface area is 181 Å². The monoisotopic (exact) mass is 442 g/mol. The second kappa shape index (κ2) is 7.99. The lowest BCUT2D eigenvalue weighted by Crippen LogP contribution is -2.18. The molecule has 3 heterocycles. The van der Waals surface area contributed by atoms with Gasteiger partial charge in [0.15, 0.2) is 0 Å². The number of thiophene rings is 1. The topological polar surface area (TPSA) is 59.3 Å². The minimum absolute atomic E-state index is 0.301. The molecule has 1 aromatic carbocycles. The van der Waals surface area contributed by atoms with Crippen LogP contribution in [0.3, 0.4) is 0 Å². The Morgan fingerprint density at radius 2 is 1.93 bits per heavy atom. The lowest BCUT2D eigenvalue weighted by molar-refractivity contribution is 0.0959. The number of hydrogen-bond acceptors (Lipinski definition) is 4. The molecule has 5 nitrogen and oxygen atoms in total. The van der Waals surface area contributed by atoms with Crippen molar-refractivity contribution in [3.05, 3.63) is 80.5 Å². The molecule has 3 aromatic heterocycles. The van der Waals surface area contributed by atoms with Crippen molar-refractivity contribution in [2.75, 3.05) is 0 Å². The molecule has 0 bridgehead atoms. The highest BCUT2D eigenvalue weighted by atomic mass is 35.5. The summed E-state index contributed by atoms with van der Waals surface area (Å²) in [7, 11) is 0. The summed E-state index contributed by atoms with van der Waals surface area (Å²) in [5.74, 6) is -0.301. The van der Waals surface area contributed by atoms with E-state index in [1.165, 1.54) is 17.6 Å². The number of aromatic nitrogens is 2. The number of nitrogens with zero attached hydrogens (tertiary/aromatic N) is 3. The Morgan fingerprint density at radius 3 is 2.66 bits per heavy atom. The molecule has 0 radical (unpaired) electrons. The van der Waals surface area contributed by atoms with Gasteiger partial charge in [0.05, 0.1) is 21.9 Å². The van der Waals surface area contributed by atoms with Gasteiger partial charge in [0.1, 0.15) is 9.71 Å². The van der Waals surface area contributed by atoms with Gasteiger partial charge in [-0.3, -0.25) is 4.79 Å². The molecule has 29 heavy (non-hydrogen) atoms. The van der Waals surface area contributed by atoms with Gasteiger partial charge in [0.2, 0.25) is 0 Å². The van der Waals surface area contributed by atoms with E-state index in [2.05, 4.69) is 15.5 Å². The number of carbonyl (C=O) groups excluding carboxylic acids is 1. The molecular formula is C21H16Cl2N4OS. The van der Waals surface area contributed by atoms with Crippen LogP contribution in [-0.2, 0) is 0 Å². The zero-order valence-corrected chi connectivity index (χ0v) is 17.9. The highest BCUT2D eigenvalue weighted by Crippen LogP contribution is 2.35. The molecule has 0 aliphatic carbocycles. The summed E-state index contributed by atoms with van der Waals surface area (Å²) in [6.45, 7) is 3.98. The SMILES string of the molecule is Cc1cc(C)c2c(-n3cccc3)c(C(=O)NN=Cc3ccc(Cl)c(Cl)c3)sc2n1. The first-order chi connectivity index (χ1) is 13.9. The van der Waals surface area contributed by atoms with Crippen molar-refractivity contribution in [3.63, 3.8) is 0 Å². The average molecular weight is 443 g/mol. The summed E-state index contributed by atoms with van der Waals surface area (Å²) in [6, 6.07) is 11.0. The van der Waals surface area contributed by atoms with Gasteiger partial charge in [-0.1, -0.05) is 29.3 Å². The smallest absolute Gasteiger partial charge is 0.283 e. The maximum Gasteiger partial charge on any atom is 0.283 e. The normalized spacial score (nSPS) is 11.4. The maximum absolute atomic E-state index is 12.9. The van der Waals surface area contributed by atoms with E-state index in [0.29, 0.717) is 14.9 Å². The predicted molar refractivity (Wildman–Crippen MR) is 120 cm³/mol. The van der Waals surface area contributed by atoms with E-state index >= 15 is 0 Å². The lowest BCUT2D eigenvalue weighted by Gasteiger charge is -2.07. The number of rotatable bonds is 4.